The van der Waals surface area contributed by atoms with Gasteiger partial charge in [-0.1, -0.05) is 13.8 Å². The number of nitrogens with one attached hydrogen (secondary N) is 1. The SMILES string of the molecule is CCC1CNC(C)(CC)CN1c1ccc(OC)c(OC)c1. The second-order valence-electron chi connectivity index (χ2n) is 6.02. The third-order valence-corrected chi connectivity index (χ3v) is 4.67. The monoisotopic (exact) mass is 292 g/mol. The van der Waals surface area contributed by atoms with Crippen LogP contribution in [-0.2, 0) is 0 Å². The zero-order valence-corrected chi connectivity index (χ0v) is 13.9. The Hall–Kier alpha value is -1.42. The molecular weight excluding hydrogens is 264 g/mol. The van der Waals surface area contributed by atoms with Crippen LogP contribution in [0.5, 0.6) is 11.5 Å². The number of ether oxygens (including phenoxy) is 2. The molecular formula is C17H28N2O2. The Balaban J connectivity index is 2.32. The molecule has 1 aromatic rings. The van der Waals surface area contributed by atoms with E-state index in [0.717, 1.165) is 37.4 Å². The van der Waals surface area contributed by atoms with E-state index in [0.29, 0.717) is 6.04 Å². The van der Waals surface area contributed by atoms with Crippen LogP contribution in [0.15, 0.2) is 18.2 Å². The molecule has 4 heteroatoms. The van der Waals surface area contributed by atoms with Gasteiger partial charge in [0.15, 0.2) is 11.5 Å². The molecule has 0 bridgehead atoms. The number of hydrogen-bond donors (Lipinski definition) is 1. The maximum Gasteiger partial charge on any atom is 0.162 e. The quantitative estimate of drug-likeness (QED) is 0.904. The Labute approximate surface area is 128 Å². The van der Waals surface area contributed by atoms with Gasteiger partial charge in [0.05, 0.1) is 14.2 Å². The van der Waals surface area contributed by atoms with Crippen molar-refractivity contribution in [3.05, 3.63) is 18.2 Å². The van der Waals surface area contributed by atoms with Crippen molar-refractivity contribution in [1.82, 2.24) is 5.32 Å². The lowest BCUT2D eigenvalue weighted by molar-refractivity contribution is 0.275. The van der Waals surface area contributed by atoms with Crippen molar-refractivity contribution in [2.75, 3.05) is 32.2 Å². The molecule has 0 aliphatic carbocycles. The lowest BCUT2D eigenvalue weighted by Crippen LogP contribution is -2.62. The van der Waals surface area contributed by atoms with E-state index < -0.39 is 0 Å². The maximum absolute atomic E-state index is 5.45. The number of hydrogen-bond acceptors (Lipinski definition) is 4. The summed E-state index contributed by atoms with van der Waals surface area (Å²) in [4.78, 5) is 2.50. The van der Waals surface area contributed by atoms with Crippen molar-refractivity contribution in [2.45, 2.75) is 45.2 Å². The summed E-state index contributed by atoms with van der Waals surface area (Å²) in [5.74, 6) is 1.57. The molecule has 2 unspecified atom stereocenters. The van der Waals surface area contributed by atoms with Crippen LogP contribution in [-0.4, -0.2) is 38.9 Å². The van der Waals surface area contributed by atoms with Crippen LogP contribution in [0.1, 0.15) is 33.6 Å². The second-order valence-corrected chi connectivity index (χ2v) is 6.02. The molecule has 0 saturated carbocycles. The molecule has 1 aliphatic heterocycles. The van der Waals surface area contributed by atoms with Crippen LogP contribution < -0.4 is 19.7 Å². The van der Waals surface area contributed by atoms with E-state index in [1.165, 1.54) is 5.69 Å². The normalized spacial score (nSPS) is 25.8. The highest BCUT2D eigenvalue weighted by atomic mass is 16.5. The number of piperazine rings is 1. The van der Waals surface area contributed by atoms with E-state index in [9.17, 15) is 0 Å². The summed E-state index contributed by atoms with van der Waals surface area (Å²) in [6.07, 6.45) is 2.24. The van der Waals surface area contributed by atoms with Crippen LogP contribution in [0.2, 0.25) is 0 Å². The molecule has 1 saturated heterocycles. The van der Waals surface area contributed by atoms with Gasteiger partial charge in [0, 0.05) is 36.4 Å². The van der Waals surface area contributed by atoms with Crippen molar-refractivity contribution < 1.29 is 9.47 Å². The average Bonchev–Trinajstić information content (AvgIpc) is 2.54. The molecule has 0 radical (unpaired) electrons. The topological polar surface area (TPSA) is 33.7 Å². The fourth-order valence-electron chi connectivity index (χ4n) is 2.94. The first-order valence-corrected chi connectivity index (χ1v) is 7.80. The molecule has 0 amide bonds. The fourth-order valence-corrected chi connectivity index (χ4v) is 2.94. The highest BCUT2D eigenvalue weighted by Crippen LogP contribution is 2.34. The number of methoxy groups -OCH3 is 2. The Morgan fingerprint density at radius 2 is 1.95 bits per heavy atom. The van der Waals surface area contributed by atoms with Gasteiger partial charge in [-0.15, -0.1) is 0 Å². The Bertz CT molecular complexity index is 478. The smallest absolute Gasteiger partial charge is 0.162 e. The summed E-state index contributed by atoms with van der Waals surface area (Å²) in [5, 5.41) is 3.70. The summed E-state index contributed by atoms with van der Waals surface area (Å²) in [7, 11) is 3.36. The van der Waals surface area contributed by atoms with Gasteiger partial charge in [-0.3, -0.25) is 0 Å². The molecule has 1 N–H and O–H groups in total. The van der Waals surface area contributed by atoms with E-state index in [-0.39, 0.29) is 5.54 Å². The van der Waals surface area contributed by atoms with Crippen molar-refractivity contribution in [3.63, 3.8) is 0 Å². The van der Waals surface area contributed by atoms with Gasteiger partial charge in [0.25, 0.3) is 0 Å². The van der Waals surface area contributed by atoms with E-state index in [2.05, 4.69) is 43.1 Å². The first-order valence-electron chi connectivity index (χ1n) is 7.80. The van der Waals surface area contributed by atoms with Gasteiger partial charge in [-0.2, -0.15) is 0 Å². The second kappa shape index (κ2) is 6.56. The molecule has 21 heavy (non-hydrogen) atoms. The van der Waals surface area contributed by atoms with Crippen LogP contribution in [0, 0.1) is 0 Å². The number of nitrogens with zero attached hydrogens (tertiary/aromatic N) is 1. The summed E-state index contributed by atoms with van der Waals surface area (Å²) in [6.45, 7) is 8.82. The standard InChI is InChI=1S/C17H28N2O2/c1-6-13-11-18-17(3,7-2)12-19(13)14-8-9-15(20-4)16(10-14)21-5/h8-10,13,18H,6-7,11-12H2,1-5H3. The van der Waals surface area contributed by atoms with Gasteiger partial charge in [-0.25, -0.2) is 0 Å². The molecule has 0 aromatic heterocycles. The van der Waals surface area contributed by atoms with Gasteiger partial charge >= 0.3 is 0 Å². The molecule has 4 nitrogen and oxygen atoms in total. The molecule has 2 rings (SSSR count). The third-order valence-electron chi connectivity index (χ3n) is 4.67. The minimum absolute atomic E-state index is 0.166. The van der Waals surface area contributed by atoms with Crippen molar-refractivity contribution in [1.29, 1.82) is 0 Å². The molecule has 2 atom stereocenters. The van der Waals surface area contributed by atoms with Crippen molar-refractivity contribution in [2.24, 2.45) is 0 Å². The lowest BCUT2D eigenvalue weighted by Gasteiger charge is -2.47. The van der Waals surface area contributed by atoms with Gasteiger partial charge in [0.2, 0.25) is 0 Å². The van der Waals surface area contributed by atoms with Crippen LogP contribution in [0.25, 0.3) is 0 Å². The van der Waals surface area contributed by atoms with Crippen LogP contribution in [0.4, 0.5) is 5.69 Å². The molecule has 1 aromatic carbocycles. The Morgan fingerprint density at radius 1 is 1.24 bits per heavy atom. The molecule has 1 heterocycles. The van der Waals surface area contributed by atoms with Crippen LogP contribution in [0.3, 0.4) is 0 Å². The molecule has 1 aliphatic rings. The van der Waals surface area contributed by atoms with E-state index in [1.54, 1.807) is 14.2 Å². The van der Waals surface area contributed by atoms with Crippen molar-refractivity contribution >= 4 is 5.69 Å². The first-order chi connectivity index (χ1) is 10.1. The maximum atomic E-state index is 5.45. The summed E-state index contributed by atoms with van der Waals surface area (Å²) >= 11 is 0. The van der Waals surface area contributed by atoms with Gasteiger partial charge in [-0.05, 0) is 31.9 Å². The van der Waals surface area contributed by atoms with E-state index in [4.69, 9.17) is 9.47 Å². The average molecular weight is 292 g/mol. The number of rotatable bonds is 5. The zero-order chi connectivity index (χ0) is 15.5. The summed E-state index contributed by atoms with van der Waals surface area (Å²) in [5.41, 5.74) is 1.37. The summed E-state index contributed by atoms with van der Waals surface area (Å²) in [6, 6.07) is 6.73. The predicted molar refractivity (Wildman–Crippen MR) is 87.7 cm³/mol. The minimum Gasteiger partial charge on any atom is -0.493 e. The summed E-state index contributed by atoms with van der Waals surface area (Å²) < 4.78 is 10.8. The van der Waals surface area contributed by atoms with E-state index in [1.807, 2.05) is 6.07 Å². The third kappa shape index (κ3) is 3.26. The molecule has 1 fully saturated rings. The lowest BCUT2D eigenvalue weighted by atomic mass is 9.92. The Kier molecular flexibility index (Phi) is 4.99. The molecule has 118 valence electrons. The van der Waals surface area contributed by atoms with Crippen molar-refractivity contribution in [3.8, 4) is 11.5 Å². The van der Waals surface area contributed by atoms with Crippen LogP contribution >= 0.6 is 0 Å². The number of anilines is 1. The first kappa shape index (κ1) is 16.0. The zero-order valence-electron chi connectivity index (χ0n) is 13.9. The van der Waals surface area contributed by atoms with E-state index >= 15 is 0 Å². The Morgan fingerprint density at radius 3 is 2.52 bits per heavy atom. The highest BCUT2D eigenvalue weighted by molar-refractivity contribution is 5.57. The highest BCUT2D eigenvalue weighted by Gasteiger charge is 2.34. The molecule has 0 spiro atoms. The predicted octanol–water partition coefficient (Wildman–Crippen LogP) is 3.06. The largest absolute Gasteiger partial charge is 0.493 e. The fraction of sp³-hybridized carbons (Fsp3) is 0.647. The minimum atomic E-state index is 0.166. The number of benzene rings is 1. The van der Waals surface area contributed by atoms with Gasteiger partial charge < -0.3 is 19.7 Å². The van der Waals surface area contributed by atoms with Gasteiger partial charge in [0.1, 0.15) is 0 Å².